The van der Waals surface area contributed by atoms with Crippen molar-refractivity contribution in [1.29, 1.82) is 0 Å². The molecule has 1 atom stereocenters. The number of benzene rings is 2. The quantitative estimate of drug-likeness (QED) is 0.267. The molecule has 4 rings (SSSR count). The Morgan fingerprint density at radius 3 is 2.73 bits per heavy atom. The number of hydrogen-bond donors (Lipinski definition) is 4. The molecule has 172 valence electrons. The highest BCUT2D eigenvalue weighted by molar-refractivity contribution is 6.30. The number of pyridine rings is 1. The third-order valence-electron chi connectivity index (χ3n) is 5.54. The number of nitrogens with one attached hydrogen (secondary N) is 2. The smallest absolute Gasteiger partial charge is 0.273 e. The molecule has 0 spiro atoms. The van der Waals surface area contributed by atoms with Crippen molar-refractivity contribution in [3.63, 3.8) is 0 Å². The zero-order valence-electron chi connectivity index (χ0n) is 18.0. The number of fused-ring (bicyclic) bond motifs is 1. The summed E-state index contributed by atoms with van der Waals surface area (Å²) in [4.78, 5) is 11.5. The number of aromatic hydroxyl groups is 1. The number of anilines is 1. The summed E-state index contributed by atoms with van der Waals surface area (Å²) in [5, 5.41) is 24.6. The number of imidazole rings is 1. The Balaban J connectivity index is 1.69. The molecule has 0 aliphatic rings. The number of hydrogen-bond acceptors (Lipinski definition) is 5. The molecule has 2 aromatic heterocycles. The van der Waals surface area contributed by atoms with Gasteiger partial charge in [-0.05, 0) is 48.4 Å². The van der Waals surface area contributed by atoms with E-state index in [0.717, 1.165) is 0 Å². The number of nitrogens with zero attached hydrogens (tertiary/aromatic N) is 2. The van der Waals surface area contributed by atoms with Crippen LogP contribution < -0.4 is 5.32 Å². The van der Waals surface area contributed by atoms with Crippen molar-refractivity contribution in [3.05, 3.63) is 70.4 Å². The molecule has 4 N–H and O–H groups in total. The second-order valence-corrected chi connectivity index (χ2v) is 8.28. The number of alkyl halides is 2. The SMILES string of the molecule is CCC(F)(F)c1cc(C)c2[nH]c(-c3c(NCC(O)c4cccc(Cl)c4)ccnc3O)nc2c1. The first-order chi connectivity index (χ1) is 15.7. The zero-order chi connectivity index (χ0) is 23.8. The lowest BCUT2D eigenvalue weighted by atomic mass is 10.0. The summed E-state index contributed by atoms with van der Waals surface area (Å²) in [6.07, 6.45) is 0.242. The minimum atomic E-state index is -2.96. The molecule has 0 saturated carbocycles. The predicted molar refractivity (Wildman–Crippen MR) is 125 cm³/mol. The van der Waals surface area contributed by atoms with Crippen LogP contribution >= 0.6 is 11.6 Å². The fraction of sp³-hybridized carbons (Fsp3) is 0.250. The molecular weight excluding hydrogens is 450 g/mol. The van der Waals surface area contributed by atoms with Crippen molar-refractivity contribution < 1.29 is 19.0 Å². The largest absolute Gasteiger partial charge is 0.493 e. The van der Waals surface area contributed by atoms with Gasteiger partial charge in [-0.3, -0.25) is 0 Å². The topological polar surface area (TPSA) is 94.1 Å². The summed E-state index contributed by atoms with van der Waals surface area (Å²) < 4.78 is 28.5. The Morgan fingerprint density at radius 1 is 1.21 bits per heavy atom. The Bertz CT molecular complexity index is 1310. The van der Waals surface area contributed by atoms with E-state index in [4.69, 9.17) is 11.6 Å². The van der Waals surface area contributed by atoms with Gasteiger partial charge in [-0.1, -0.05) is 30.7 Å². The standard InChI is InChI=1S/C24H23ClF2N4O2/c1-3-24(26,27)15-9-13(2)21-18(11-15)30-22(31-21)20-17(7-8-28-23(20)33)29-12-19(32)14-5-4-6-16(25)10-14/h4-11,19,32H,3,12H2,1-2H3,(H,30,31)(H2,28,29,33). The molecular formula is C24H23ClF2N4O2. The first-order valence-corrected chi connectivity index (χ1v) is 10.8. The van der Waals surface area contributed by atoms with Gasteiger partial charge in [-0.15, -0.1) is 0 Å². The maximum atomic E-state index is 14.3. The Hall–Kier alpha value is -3.23. The number of aliphatic hydroxyl groups excluding tert-OH is 1. The number of aryl methyl sites for hydroxylation is 1. The third kappa shape index (κ3) is 4.62. The minimum Gasteiger partial charge on any atom is -0.493 e. The van der Waals surface area contributed by atoms with E-state index in [1.54, 1.807) is 37.3 Å². The van der Waals surface area contributed by atoms with Crippen LogP contribution in [-0.4, -0.2) is 31.7 Å². The van der Waals surface area contributed by atoms with E-state index in [2.05, 4.69) is 20.3 Å². The van der Waals surface area contributed by atoms with Gasteiger partial charge in [0.25, 0.3) is 5.92 Å². The van der Waals surface area contributed by atoms with Gasteiger partial charge in [0.15, 0.2) is 0 Å². The summed E-state index contributed by atoms with van der Waals surface area (Å²) in [7, 11) is 0. The molecule has 33 heavy (non-hydrogen) atoms. The maximum absolute atomic E-state index is 14.3. The number of H-pyrrole nitrogens is 1. The van der Waals surface area contributed by atoms with Crippen molar-refractivity contribution in [2.75, 3.05) is 11.9 Å². The number of halogens is 3. The Morgan fingerprint density at radius 2 is 2.00 bits per heavy atom. The lowest BCUT2D eigenvalue weighted by molar-refractivity contribution is -0.00822. The molecule has 0 amide bonds. The molecule has 2 aromatic carbocycles. The van der Waals surface area contributed by atoms with Gasteiger partial charge in [0.05, 0.1) is 22.8 Å². The Labute approximate surface area is 194 Å². The molecule has 4 aromatic rings. The summed E-state index contributed by atoms with van der Waals surface area (Å²) in [6.45, 7) is 3.28. The van der Waals surface area contributed by atoms with Crippen LogP contribution in [0.1, 0.15) is 36.1 Å². The number of aliphatic hydroxyl groups is 1. The van der Waals surface area contributed by atoms with E-state index < -0.39 is 12.0 Å². The average molecular weight is 473 g/mol. The van der Waals surface area contributed by atoms with Gasteiger partial charge >= 0.3 is 0 Å². The van der Waals surface area contributed by atoms with Crippen molar-refractivity contribution >= 4 is 28.3 Å². The first kappa shape index (κ1) is 22.9. The lowest BCUT2D eigenvalue weighted by Crippen LogP contribution is -2.13. The average Bonchev–Trinajstić information content (AvgIpc) is 3.21. The fourth-order valence-electron chi connectivity index (χ4n) is 3.69. The monoisotopic (exact) mass is 472 g/mol. The van der Waals surface area contributed by atoms with Crippen LogP contribution in [0.2, 0.25) is 5.02 Å². The van der Waals surface area contributed by atoms with Gasteiger partial charge in [0.2, 0.25) is 5.88 Å². The molecule has 0 fully saturated rings. The van der Waals surface area contributed by atoms with Crippen LogP contribution in [0.5, 0.6) is 5.88 Å². The lowest BCUT2D eigenvalue weighted by Gasteiger charge is -2.15. The van der Waals surface area contributed by atoms with Crippen LogP contribution in [0.4, 0.5) is 14.5 Å². The second-order valence-electron chi connectivity index (χ2n) is 7.84. The van der Waals surface area contributed by atoms with E-state index in [9.17, 15) is 19.0 Å². The van der Waals surface area contributed by atoms with Gasteiger partial charge < -0.3 is 20.5 Å². The van der Waals surface area contributed by atoms with Crippen LogP contribution in [-0.2, 0) is 5.92 Å². The van der Waals surface area contributed by atoms with E-state index in [1.807, 2.05) is 0 Å². The highest BCUT2D eigenvalue weighted by atomic mass is 35.5. The van der Waals surface area contributed by atoms with Gasteiger partial charge in [-0.2, -0.15) is 0 Å². The molecule has 1 unspecified atom stereocenters. The van der Waals surface area contributed by atoms with Crippen LogP contribution in [0, 0.1) is 6.92 Å². The van der Waals surface area contributed by atoms with E-state index in [-0.39, 0.29) is 35.8 Å². The van der Waals surface area contributed by atoms with Crippen molar-refractivity contribution in [3.8, 4) is 17.3 Å². The predicted octanol–water partition coefficient (Wildman–Crippen LogP) is 5.94. The molecule has 6 nitrogen and oxygen atoms in total. The normalized spacial score (nSPS) is 12.8. The van der Waals surface area contributed by atoms with E-state index in [0.29, 0.717) is 32.9 Å². The van der Waals surface area contributed by atoms with Gasteiger partial charge in [-0.25, -0.2) is 18.7 Å². The number of aromatic amines is 1. The van der Waals surface area contributed by atoms with Crippen molar-refractivity contribution in [1.82, 2.24) is 15.0 Å². The van der Waals surface area contributed by atoms with Gasteiger partial charge in [0.1, 0.15) is 11.4 Å². The van der Waals surface area contributed by atoms with E-state index >= 15 is 0 Å². The highest BCUT2D eigenvalue weighted by Crippen LogP contribution is 2.37. The van der Waals surface area contributed by atoms with Crippen LogP contribution in [0.15, 0.2) is 48.7 Å². The summed E-state index contributed by atoms with van der Waals surface area (Å²) in [5.74, 6) is -2.97. The van der Waals surface area contributed by atoms with Crippen molar-refractivity contribution in [2.24, 2.45) is 0 Å². The molecule has 0 radical (unpaired) electrons. The van der Waals surface area contributed by atoms with Gasteiger partial charge in [0, 0.05) is 29.7 Å². The summed E-state index contributed by atoms with van der Waals surface area (Å²) >= 11 is 6.00. The summed E-state index contributed by atoms with van der Waals surface area (Å²) in [5.41, 5.74) is 2.85. The molecule has 0 saturated heterocycles. The maximum Gasteiger partial charge on any atom is 0.273 e. The molecule has 2 heterocycles. The first-order valence-electron chi connectivity index (χ1n) is 10.4. The third-order valence-corrected chi connectivity index (χ3v) is 5.78. The molecule has 0 aliphatic heterocycles. The van der Waals surface area contributed by atoms with Crippen LogP contribution in [0.25, 0.3) is 22.4 Å². The highest BCUT2D eigenvalue weighted by Gasteiger charge is 2.30. The molecule has 0 aliphatic carbocycles. The molecule has 9 heteroatoms. The van der Waals surface area contributed by atoms with Crippen molar-refractivity contribution in [2.45, 2.75) is 32.3 Å². The molecule has 0 bridgehead atoms. The van der Waals surface area contributed by atoms with Crippen LogP contribution in [0.3, 0.4) is 0 Å². The number of rotatable bonds is 7. The Kier molecular flexibility index (Phi) is 6.23. The summed E-state index contributed by atoms with van der Waals surface area (Å²) in [6, 6.07) is 11.3. The number of aromatic nitrogens is 3. The minimum absolute atomic E-state index is 0.105. The second kappa shape index (κ2) is 8.96. The van der Waals surface area contributed by atoms with E-state index in [1.165, 1.54) is 25.3 Å². The fourth-order valence-corrected chi connectivity index (χ4v) is 3.89. The zero-order valence-corrected chi connectivity index (χ0v) is 18.8.